The molecule has 4 amide bonds. The van der Waals surface area contributed by atoms with E-state index in [1.54, 1.807) is 13.0 Å². The highest BCUT2D eigenvalue weighted by molar-refractivity contribution is 5.89. The van der Waals surface area contributed by atoms with Crippen LogP contribution in [0.2, 0.25) is 0 Å². The topological polar surface area (TPSA) is 105 Å². The van der Waals surface area contributed by atoms with E-state index in [0.29, 0.717) is 25.2 Å². The van der Waals surface area contributed by atoms with E-state index >= 15 is 0 Å². The Kier molecular flexibility index (Phi) is 6.74. The van der Waals surface area contributed by atoms with E-state index in [1.165, 1.54) is 16.9 Å². The molecule has 0 aromatic heterocycles. The van der Waals surface area contributed by atoms with Crippen molar-refractivity contribution in [2.45, 2.75) is 32.9 Å². The van der Waals surface area contributed by atoms with E-state index < -0.39 is 18.0 Å². The van der Waals surface area contributed by atoms with Crippen molar-refractivity contribution in [2.75, 3.05) is 13.1 Å². The van der Waals surface area contributed by atoms with Gasteiger partial charge < -0.3 is 16.0 Å². The number of nitrogens with two attached hydrogens (primary N) is 1. The summed E-state index contributed by atoms with van der Waals surface area (Å²) in [7, 11) is 0. The number of rotatable bonds is 8. The zero-order valence-electron chi connectivity index (χ0n) is 15.0. The van der Waals surface area contributed by atoms with Crippen molar-refractivity contribution in [3.63, 3.8) is 0 Å². The lowest BCUT2D eigenvalue weighted by molar-refractivity contribution is -0.131. The Labute approximate surface area is 152 Å². The van der Waals surface area contributed by atoms with Crippen LogP contribution in [0.3, 0.4) is 0 Å². The van der Waals surface area contributed by atoms with E-state index in [2.05, 4.69) is 5.32 Å². The number of urea groups is 1. The Morgan fingerprint density at radius 1 is 1.27 bits per heavy atom. The number of primary amides is 1. The molecule has 0 radical (unpaired) electrons. The molecule has 26 heavy (non-hydrogen) atoms. The normalized spacial score (nSPS) is 17.1. The Hall–Kier alpha value is -2.87. The van der Waals surface area contributed by atoms with Gasteiger partial charge in [0.15, 0.2) is 0 Å². The molecule has 1 aromatic rings. The molecule has 0 bridgehead atoms. The number of amides is 4. The summed E-state index contributed by atoms with van der Waals surface area (Å²) in [5, 5.41) is 3.85. The average molecular weight is 360 g/mol. The number of carbonyl (C=O) groups is 3. The van der Waals surface area contributed by atoms with Gasteiger partial charge in [0.1, 0.15) is 12.6 Å². The van der Waals surface area contributed by atoms with Crippen molar-refractivity contribution in [1.29, 1.82) is 0 Å². The van der Waals surface area contributed by atoms with E-state index in [0.717, 1.165) is 5.56 Å². The molecule has 1 heterocycles. The average Bonchev–Trinajstić information content (AvgIpc) is 2.61. The smallest absolute Gasteiger partial charge is 0.349 e. The highest BCUT2D eigenvalue weighted by Crippen LogP contribution is 2.23. The molecule has 0 saturated heterocycles. The molecule has 0 fully saturated rings. The number of carbonyl (C=O) groups excluding carboxylic acids is 3. The zero-order chi connectivity index (χ0) is 19.1. The lowest BCUT2D eigenvalue weighted by Crippen LogP contribution is -2.55. The summed E-state index contributed by atoms with van der Waals surface area (Å²) in [5.74, 6) is -0.786. The fourth-order valence-corrected chi connectivity index (χ4v) is 2.67. The number of likely N-dealkylation sites (N-methyl/N-ethyl adjacent to an activating group) is 1. The van der Waals surface area contributed by atoms with E-state index in [1.807, 2.05) is 30.3 Å². The zero-order valence-corrected chi connectivity index (χ0v) is 15.0. The maximum absolute atomic E-state index is 12.8. The van der Waals surface area contributed by atoms with Gasteiger partial charge in [-0.05, 0) is 18.6 Å². The first-order valence-corrected chi connectivity index (χ1v) is 8.46. The molecule has 0 saturated carbocycles. The van der Waals surface area contributed by atoms with Crippen LogP contribution >= 0.6 is 0 Å². The molecule has 0 spiro atoms. The predicted molar refractivity (Wildman–Crippen MR) is 95.2 cm³/mol. The number of benzene rings is 1. The molecule has 8 heteroatoms. The maximum atomic E-state index is 12.8. The molecule has 0 aliphatic carbocycles. The van der Waals surface area contributed by atoms with E-state index in [9.17, 15) is 14.4 Å². The second-order valence-corrected chi connectivity index (χ2v) is 5.86. The first-order chi connectivity index (χ1) is 12.4. The standard InChI is InChI=1S/C18H24N4O4/c1-3-21-16(17(19)24)11-15(9-10-20-13(2)23)22(18(21)25)26-12-14-7-5-4-6-8-14/h4-8,11,16H,3,9-10,12H2,1-2H3,(H2,19,24)(H,20,23)/t16-/m0/s1. The molecule has 8 nitrogen and oxygen atoms in total. The molecule has 2 rings (SSSR count). The second-order valence-electron chi connectivity index (χ2n) is 5.86. The summed E-state index contributed by atoms with van der Waals surface area (Å²) in [6.07, 6.45) is 1.95. The molecule has 0 unspecified atom stereocenters. The van der Waals surface area contributed by atoms with Crippen molar-refractivity contribution >= 4 is 17.8 Å². The summed E-state index contributed by atoms with van der Waals surface area (Å²) in [5.41, 5.74) is 6.84. The minimum atomic E-state index is -0.837. The van der Waals surface area contributed by atoms with Crippen LogP contribution < -0.4 is 11.1 Å². The third kappa shape index (κ3) is 4.82. The Morgan fingerprint density at radius 2 is 1.96 bits per heavy atom. The van der Waals surface area contributed by atoms with Crippen molar-refractivity contribution in [3.05, 3.63) is 47.7 Å². The number of hydrogen-bond donors (Lipinski definition) is 2. The maximum Gasteiger partial charge on any atom is 0.349 e. The fourth-order valence-electron chi connectivity index (χ4n) is 2.67. The number of nitrogens with zero attached hydrogens (tertiary/aromatic N) is 2. The Bertz CT molecular complexity index is 690. The van der Waals surface area contributed by atoms with Gasteiger partial charge >= 0.3 is 6.03 Å². The molecular formula is C18H24N4O4. The van der Waals surface area contributed by atoms with Gasteiger partial charge in [0.25, 0.3) is 0 Å². The van der Waals surface area contributed by atoms with Crippen LogP contribution in [0.1, 0.15) is 25.8 Å². The van der Waals surface area contributed by atoms with Crippen LogP contribution in [-0.4, -0.2) is 46.9 Å². The third-order valence-corrected chi connectivity index (χ3v) is 3.96. The summed E-state index contributed by atoms with van der Waals surface area (Å²) in [4.78, 5) is 42.7. The largest absolute Gasteiger partial charge is 0.368 e. The van der Waals surface area contributed by atoms with Crippen LogP contribution in [0.15, 0.2) is 42.1 Å². The number of hydrogen-bond acceptors (Lipinski definition) is 4. The van der Waals surface area contributed by atoms with Crippen molar-refractivity contribution in [3.8, 4) is 0 Å². The van der Waals surface area contributed by atoms with Crippen LogP contribution in [-0.2, 0) is 21.0 Å². The van der Waals surface area contributed by atoms with Gasteiger partial charge in [-0.2, -0.15) is 5.06 Å². The van der Waals surface area contributed by atoms with Crippen LogP contribution in [0, 0.1) is 0 Å². The molecule has 1 aromatic carbocycles. The monoisotopic (exact) mass is 360 g/mol. The van der Waals surface area contributed by atoms with Crippen LogP contribution in [0.4, 0.5) is 4.79 Å². The van der Waals surface area contributed by atoms with E-state index in [4.69, 9.17) is 10.6 Å². The van der Waals surface area contributed by atoms with Gasteiger partial charge in [0.2, 0.25) is 11.8 Å². The Morgan fingerprint density at radius 3 is 2.54 bits per heavy atom. The third-order valence-electron chi connectivity index (χ3n) is 3.96. The summed E-state index contributed by atoms with van der Waals surface area (Å²) in [6, 6.07) is 8.14. The highest BCUT2D eigenvalue weighted by Gasteiger charge is 2.36. The van der Waals surface area contributed by atoms with Gasteiger partial charge in [0, 0.05) is 26.4 Å². The van der Waals surface area contributed by atoms with Gasteiger partial charge in [-0.15, -0.1) is 0 Å². The lowest BCUT2D eigenvalue weighted by Gasteiger charge is -2.38. The van der Waals surface area contributed by atoms with Crippen molar-refractivity contribution in [2.24, 2.45) is 5.73 Å². The summed E-state index contributed by atoms with van der Waals surface area (Å²) in [6.45, 7) is 4.00. The molecular weight excluding hydrogens is 336 g/mol. The predicted octanol–water partition coefficient (Wildman–Crippen LogP) is 1.14. The Balaban J connectivity index is 2.20. The van der Waals surface area contributed by atoms with Gasteiger partial charge in [0.05, 0.1) is 5.70 Å². The lowest BCUT2D eigenvalue weighted by atomic mass is 10.1. The first-order valence-electron chi connectivity index (χ1n) is 8.46. The fraction of sp³-hybridized carbons (Fsp3) is 0.389. The van der Waals surface area contributed by atoms with Crippen LogP contribution in [0.25, 0.3) is 0 Å². The first kappa shape index (κ1) is 19.5. The molecule has 1 aliphatic heterocycles. The van der Waals surface area contributed by atoms with Crippen LogP contribution in [0.5, 0.6) is 0 Å². The quantitative estimate of drug-likeness (QED) is 0.725. The van der Waals surface area contributed by atoms with E-state index in [-0.39, 0.29) is 12.5 Å². The van der Waals surface area contributed by atoms with Crippen molar-refractivity contribution < 1.29 is 19.2 Å². The summed E-state index contributed by atoms with van der Waals surface area (Å²) < 4.78 is 0. The minimum Gasteiger partial charge on any atom is -0.368 e. The minimum absolute atomic E-state index is 0.175. The molecule has 1 aliphatic rings. The number of hydroxylamine groups is 2. The SMILES string of the molecule is CCN1C(=O)N(OCc2ccccc2)C(CCNC(C)=O)=C[C@H]1C(N)=O. The summed E-state index contributed by atoms with van der Waals surface area (Å²) >= 11 is 0. The van der Waals surface area contributed by atoms with Gasteiger partial charge in [-0.1, -0.05) is 30.3 Å². The van der Waals surface area contributed by atoms with Gasteiger partial charge in [-0.3, -0.25) is 14.4 Å². The van der Waals surface area contributed by atoms with Crippen molar-refractivity contribution in [1.82, 2.24) is 15.3 Å². The number of nitrogens with one attached hydrogen (secondary N) is 1. The molecule has 140 valence electrons. The second kappa shape index (κ2) is 9.00. The van der Waals surface area contributed by atoms with Gasteiger partial charge in [-0.25, -0.2) is 4.79 Å². The molecule has 3 N–H and O–H groups in total. The molecule has 1 atom stereocenters. The highest BCUT2D eigenvalue weighted by atomic mass is 16.7.